The van der Waals surface area contributed by atoms with Gasteiger partial charge in [-0.15, -0.1) is 0 Å². The van der Waals surface area contributed by atoms with Crippen LogP contribution in [0.5, 0.6) is 0 Å². The van der Waals surface area contributed by atoms with E-state index in [2.05, 4.69) is 5.32 Å². The summed E-state index contributed by atoms with van der Waals surface area (Å²) >= 11 is 0. The van der Waals surface area contributed by atoms with Crippen molar-refractivity contribution in [2.24, 2.45) is 0 Å². The average Bonchev–Trinajstić information content (AvgIpc) is 2.55. The van der Waals surface area contributed by atoms with Crippen molar-refractivity contribution in [2.45, 2.75) is 26.6 Å². The van der Waals surface area contributed by atoms with Crippen LogP contribution in [0, 0.1) is 6.92 Å². The summed E-state index contributed by atoms with van der Waals surface area (Å²) in [5.74, 6) is -0.550. The van der Waals surface area contributed by atoms with E-state index < -0.39 is 13.4 Å². The summed E-state index contributed by atoms with van der Waals surface area (Å²) < 4.78 is 24.4. The fraction of sp³-hybridized carbons (Fsp3) is 0.333. The summed E-state index contributed by atoms with van der Waals surface area (Å²) in [7, 11) is -3.34. The number of nitrogens with one attached hydrogen (secondary N) is 1. The normalized spacial score (nSPS) is 12.8. The van der Waals surface area contributed by atoms with E-state index in [0.29, 0.717) is 13.2 Å². The highest BCUT2D eigenvalue weighted by molar-refractivity contribution is 7.54. The highest BCUT2D eigenvalue weighted by atomic mass is 31.2. The van der Waals surface area contributed by atoms with Crippen LogP contribution in [0.25, 0.3) is 0 Å². The Hall–Kier alpha value is -1.61. The Labute approximate surface area is 138 Å². The van der Waals surface area contributed by atoms with Crippen molar-refractivity contribution in [1.29, 1.82) is 0 Å². The number of rotatable bonds is 8. The molecule has 0 saturated carbocycles. The van der Waals surface area contributed by atoms with Gasteiger partial charge in [0, 0.05) is 5.69 Å². The van der Waals surface area contributed by atoms with Crippen LogP contribution in [0.1, 0.15) is 30.8 Å². The van der Waals surface area contributed by atoms with Gasteiger partial charge in [-0.3, -0.25) is 4.57 Å². The van der Waals surface area contributed by atoms with Crippen molar-refractivity contribution < 1.29 is 13.6 Å². The van der Waals surface area contributed by atoms with E-state index in [-0.39, 0.29) is 0 Å². The maximum absolute atomic E-state index is 13.3. The van der Waals surface area contributed by atoms with Gasteiger partial charge >= 0.3 is 7.60 Å². The molecule has 23 heavy (non-hydrogen) atoms. The van der Waals surface area contributed by atoms with E-state index in [1.165, 1.54) is 5.56 Å². The summed E-state index contributed by atoms with van der Waals surface area (Å²) in [5, 5.41) is 3.32. The molecule has 2 rings (SSSR count). The first-order valence-electron chi connectivity index (χ1n) is 7.86. The lowest BCUT2D eigenvalue weighted by molar-refractivity contribution is 0.214. The third-order valence-electron chi connectivity index (χ3n) is 3.40. The van der Waals surface area contributed by atoms with Gasteiger partial charge in [0.05, 0.1) is 13.2 Å². The Balaban J connectivity index is 2.38. The summed E-state index contributed by atoms with van der Waals surface area (Å²) in [6.45, 7) is 6.33. The molecule has 0 bridgehead atoms. The molecule has 0 saturated heterocycles. The van der Waals surface area contributed by atoms with Gasteiger partial charge in [0.1, 0.15) is 0 Å². The van der Waals surface area contributed by atoms with E-state index in [0.717, 1.165) is 11.3 Å². The molecule has 0 heterocycles. The molecule has 0 fully saturated rings. The molecule has 0 aromatic heterocycles. The summed E-state index contributed by atoms with van der Waals surface area (Å²) in [6.07, 6.45) is 0. The topological polar surface area (TPSA) is 47.6 Å². The van der Waals surface area contributed by atoms with Crippen molar-refractivity contribution in [1.82, 2.24) is 0 Å². The maximum atomic E-state index is 13.3. The SMILES string of the molecule is CCOP(=O)(OCC)[C@H](Nc1ccc(C)cc1)c1ccccc1. The van der Waals surface area contributed by atoms with Gasteiger partial charge in [-0.05, 0) is 38.5 Å². The summed E-state index contributed by atoms with van der Waals surface area (Å²) in [6, 6.07) is 17.6. The van der Waals surface area contributed by atoms with Gasteiger partial charge in [-0.25, -0.2) is 0 Å². The standard InChI is InChI=1S/C18H24NO3P/c1-4-21-23(20,22-5-2)18(16-9-7-6-8-10-16)19-17-13-11-15(3)12-14-17/h6-14,18-19H,4-5H2,1-3H3/t18-/m0/s1. The van der Waals surface area contributed by atoms with Crippen LogP contribution >= 0.6 is 7.60 Å². The summed E-state index contributed by atoms with van der Waals surface area (Å²) in [5.41, 5.74) is 2.92. The highest BCUT2D eigenvalue weighted by Crippen LogP contribution is 2.60. The van der Waals surface area contributed by atoms with Gasteiger partial charge in [0.25, 0.3) is 0 Å². The molecule has 0 aliphatic heterocycles. The van der Waals surface area contributed by atoms with Crippen LogP contribution in [0.3, 0.4) is 0 Å². The Morgan fingerprint density at radius 2 is 1.52 bits per heavy atom. The molecule has 5 heteroatoms. The van der Waals surface area contributed by atoms with Crippen LogP contribution < -0.4 is 5.32 Å². The Morgan fingerprint density at radius 3 is 2.04 bits per heavy atom. The van der Waals surface area contributed by atoms with Crippen molar-refractivity contribution in [3.05, 3.63) is 65.7 Å². The Morgan fingerprint density at radius 1 is 0.957 bits per heavy atom. The Bertz CT molecular complexity index is 633. The third kappa shape index (κ3) is 4.68. The fourth-order valence-corrected chi connectivity index (χ4v) is 4.27. The molecule has 1 N–H and O–H groups in total. The monoisotopic (exact) mass is 333 g/mol. The Kier molecular flexibility index (Phi) is 6.40. The summed E-state index contributed by atoms with van der Waals surface area (Å²) in [4.78, 5) is 0. The van der Waals surface area contributed by atoms with Gasteiger partial charge in [0.2, 0.25) is 0 Å². The van der Waals surface area contributed by atoms with Gasteiger partial charge in [-0.2, -0.15) is 0 Å². The maximum Gasteiger partial charge on any atom is 0.357 e. The predicted molar refractivity (Wildman–Crippen MR) is 94.8 cm³/mol. The molecule has 0 unspecified atom stereocenters. The van der Waals surface area contributed by atoms with E-state index >= 15 is 0 Å². The first-order valence-corrected chi connectivity index (χ1v) is 9.47. The molecular weight excluding hydrogens is 309 g/mol. The van der Waals surface area contributed by atoms with Gasteiger partial charge in [0.15, 0.2) is 5.78 Å². The van der Waals surface area contributed by atoms with E-state index in [9.17, 15) is 4.57 Å². The lowest BCUT2D eigenvalue weighted by Crippen LogP contribution is -2.15. The van der Waals surface area contributed by atoms with Crippen LogP contribution in [0.2, 0.25) is 0 Å². The number of anilines is 1. The molecule has 0 aliphatic rings. The first-order chi connectivity index (χ1) is 11.1. The largest absolute Gasteiger partial charge is 0.368 e. The molecule has 0 radical (unpaired) electrons. The molecule has 2 aromatic rings. The van der Waals surface area contributed by atoms with Crippen LogP contribution in [0.15, 0.2) is 54.6 Å². The first kappa shape index (κ1) is 17.7. The van der Waals surface area contributed by atoms with Crippen LogP contribution in [-0.2, 0) is 13.6 Å². The van der Waals surface area contributed by atoms with E-state index in [4.69, 9.17) is 9.05 Å². The van der Waals surface area contributed by atoms with Crippen molar-refractivity contribution in [3.8, 4) is 0 Å². The second-order valence-corrected chi connectivity index (χ2v) is 7.31. The van der Waals surface area contributed by atoms with Gasteiger partial charge in [-0.1, -0.05) is 48.0 Å². The fourth-order valence-electron chi connectivity index (χ4n) is 2.33. The molecule has 4 nitrogen and oxygen atoms in total. The molecule has 2 aromatic carbocycles. The highest BCUT2D eigenvalue weighted by Gasteiger charge is 2.36. The second-order valence-electron chi connectivity index (χ2n) is 5.20. The predicted octanol–water partition coefficient (Wildman–Crippen LogP) is 5.37. The van der Waals surface area contributed by atoms with E-state index in [1.807, 2.05) is 75.4 Å². The number of hydrogen-bond acceptors (Lipinski definition) is 4. The number of aryl methyl sites for hydroxylation is 1. The lowest BCUT2D eigenvalue weighted by atomic mass is 10.2. The molecule has 0 spiro atoms. The zero-order chi connectivity index (χ0) is 16.7. The molecule has 124 valence electrons. The minimum absolute atomic E-state index is 0.330. The molecular formula is C18H24NO3P. The quantitative estimate of drug-likeness (QED) is 0.660. The van der Waals surface area contributed by atoms with Crippen molar-refractivity contribution in [3.63, 3.8) is 0 Å². The van der Waals surface area contributed by atoms with E-state index in [1.54, 1.807) is 0 Å². The van der Waals surface area contributed by atoms with Crippen molar-refractivity contribution >= 4 is 13.3 Å². The number of hydrogen-bond donors (Lipinski definition) is 1. The van der Waals surface area contributed by atoms with Crippen LogP contribution in [0.4, 0.5) is 5.69 Å². The molecule has 0 amide bonds. The smallest absolute Gasteiger partial charge is 0.357 e. The zero-order valence-electron chi connectivity index (χ0n) is 13.9. The third-order valence-corrected chi connectivity index (χ3v) is 5.70. The molecule has 1 atom stereocenters. The van der Waals surface area contributed by atoms with Gasteiger partial charge < -0.3 is 14.4 Å². The molecule has 0 aliphatic carbocycles. The van der Waals surface area contributed by atoms with Crippen molar-refractivity contribution in [2.75, 3.05) is 18.5 Å². The minimum atomic E-state index is -3.34. The average molecular weight is 333 g/mol. The minimum Gasteiger partial charge on any atom is -0.368 e. The van der Waals surface area contributed by atoms with Crippen LogP contribution in [-0.4, -0.2) is 13.2 Å². The number of benzene rings is 2. The lowest BCUT2D eigenvalue weighted by Gasteiger charge is -2.28. The zero-order valence-corrected chi connectivity index (χ0v) is 14.8. The second kappa shape index (κ2) is 8.30.